The summed E-state index contributed by atoms with van der Waals surface area (Å²) in [4.78, 5) is 19.3. The Balaban J connectivity index is 1.89. The van der Waals surface area contributed by atoms with E-state index in [1.165, 1.54) is 33.8 Å². The van der Waals surface area contributed by atoms with Crippen molar-refractivity contribution in [2.75, 3.05) is 11.9 Å². The van der Waals surface area contributed by atoms with Crippen LogP contribution in [-0.2, 0) is 0 Å². The molecule has 2 heterocycles. The maximum Gasteiger partial charge on any atom is 0.269 e. The maximum absolute atomic E-state index is 12.4. The van der Waals surface area contributed by atoms with E-state index in [1.807, 2.05) is 22.9 Å². The van der Waals surface area contributed by atoms with E-state index in [2.05, 4.69) is 37.0 Å². The Bertz CT molecular complexity index is 806. The number of carbonyl (C=O) groups excluding carboxylic acids is 1. The number of anilines is 1. The first kappa shape index (κ1) is 14.9. The minimum absolute atomic E-state index is 0.0171. The smallest absolute Gasteiger partial charge is 0.269 e. The number of nitrogens with zero attached hydrogens (tertiary/aromatic N) is 2. The lowest BCUT2D eigenvalue weighted by molar-refractivity contribution is 0.0997. The first-order valence-corrected chi connectivity index (χ1v) is 8.67. The molecule has 1 amide bonds. The molecule has 0 aliphatic heterocycles. The van der Waals surface area contributed by atoms with E-state index in [0.717, 1.165) is 16.1 Å². The van der Waals surface area contributed by atoms with Crippen molar-refractivity contribution in [3.05, 3.63) is 57.1 Å². The van der Waals surface area contributed by atoms with Crippen LogP contribution in [-0.4, -0.2) is 17.9 Å². The van der Waals surface area contributed by atoms with Gasteiger partial charge in [-0.25, -0.2) is 4.98 Å². The Morgan fingerprint density at radius 2 is 2.00 bits per heavy atom. The van der Waals surface area contributed by atoms with Crippen LogP contribution in [0.3, 0.4) is 0 Å². The average molecular weight is 328 g/mol. The first-order valence-electron chi connectivity index (χ1n) is 6.91. The van der Waals surface area contributed by atoms with Gasteiger partial charge in [0, 0.05) is 18.0 Å². The molecule has 0 unspecified atom stereocenters. The van der Waals surface area contributed by atoms with E-state index in [0.29, 0.717) is 5.13 Å². The largest absolute Gasteiger partial charge is 0.286 e. The fourth-order valence-electron chi connectivity index (χ4n) is 2.30. The molecule has 0 spiro atoms. The van der Waals surface area contributed by atoms with Crippen LogP contribution in [0.4, 0.5) is 5.13 Å². The molecule has 2 aromatic heterocycles. The van der Waals surface area contributed by atoms with E-state index in [1.54, 1.807) is 11.9 Å². The number of carbonyl (C=O) groups is 1. The molecule has 0 aliphatic carbocycles. The molecule has 0 radical (unpaired) electrons. The predicted molar refractivity (Wildman–Crippen MR) is 94.1 cm³/mol. The number of benzene rings is 1. The van der Waals surface area contributed by atoms with Crippen molar-refractivity contribution in [2.45, 2.75) is 13.8 Å². The summed E-state index contributed by atoms with van der Waals surface area (Å²) in [5.41, 5.74) is 4.47. The van der Waals surface area contributed by atoms with Gasteiger partial charge in [-0.3, -0.25) is 9.69 Å². The fourth-order valence-corrected chi connectivity index (χ4v) is 3.78. The highest BCUT2D eigenvalue weighted by molar-refractivity contribution is 7.14. The predicted octanol–water partition coefficient (Wildman–Crippen LogP) is 4.77. The lowest BCUT2D eigenvalue weighted by Gasteiger charge is -2.12. The highest BCUT2D eigenvalue weighted by Gasteiger charge is 2.18. The zero-order chi connectivity index (χ0) is 15.7. The van der Waals surface area contributed by atoms with Gasteiger partial charge in [-0.2, -0.15) is 0 Å². The molecule has 0 aliphatic rings. The van der Waals surface area contributed by atoms with Crippen LogP contribution in [0.1, 0.15) is 20.8 Å². The summed E-state index contributed by atoms with van der Waals surface area (Å²) in [6.45, 7) is 4.17. The lowest BCUT2D eigenvalue weighted by Crippen LogP contribution is -2.25. The average Bonchev–Trinajstić information content (AvgIpc) is 3.17. The van der Waals surface area contributed by atoms with E-state index >= 15 is 0 Å². The first-order chi connectivity index (χ1) is 10.6. The summed E-state index contributed by atoms with van der Waals surface area (Å²) in [5.74, 6) is -0.0171. The normalized spacial score (nSPS) is 10.7. The van der Waals surface area contributed by atoms with Gasteiger partial charge in [0.2, 0.25) is 0 Å². The SMILES string of the molecule is Cc1ccc(-c2csc(N(C)C(=O)c3cccs3)n2)c(C)c1. The molecule has 5 heteroatoms. The molecule has 0 N–H and O–H groups in total. The molecule has 112 valence electrons. The summed E-state index contributed by atoms with van der Waals surface area (Å²) in [5, 5.41) is 4.63. The third kappa shape index (κ3) is 2.82. The number of hydrogen-bond donors (Lipinski definition) is 0. The van der Waals surface area contributed by atoms with Crippen molar-refractivity contribution in [1.29, 1.82) is 0 Å². The number of rotatable bonds is 3. The molecule has 3 nitrogen and oxygen atoms in total. The Morgan fingerprint density at radius 3 is 2.68 bits per heavy atom. The third-order valence-corrected chi connectivity index (χ3v) is 5.25. The molecule has 22 heavy (non-hydrogen) atoms. The number of amides is 1. The zero-order valence-corrected chi connectivity index (χ0v) is 14.3. The van der Waals surface area contributed by atoms with Crippen LogP contribution >= 0.6 is 22.7 Å². The van der Waals surface area contributed by atoms with Gasteiger partial charge in [0.25, 0.3) is 5.91 Å². The van der Waals surface area contributed by atoms with Gasteiger partial charge in [-0.15, -0.1) is 22.7 Å². The molecular formula is C17H16N2OS2. The van der Waals surface area contributed by atoms with Crippen molar-refractivity contribution in [1.82, 2.24) is 4.98 Å². The molecule has 0 bridgehead atoms. The Morgan fingerprint density at radius 1 is 1.18 bits per heavy atom. The standard InChI is InChI=1S/C17H16N2OS2/c1-11-6-7-13(12(2)9-11)14-10-22-17(18-14)19(3)16(20)15-5-4-8-21-15/h4-10H,1-3H3. The van der Waals surface area contributed by atoms with Crippen LogP contribution in [0.2, 0.25) is 0 Å². The van der Waals surface area contributed by atoms with Crippen molar-refractivity contribution in [2.24, 2.45) is 0 Å². The Kier molecular flexibility index (Phi) is 4.09. The molecule has 3 aromatic rings. The topological polar surface area (TPSA) is 33.2 Å². The number of thiazole rings is 1. The van der Waals surface area contributed by atoms with Gasteiger partial charge in [0.15, 0.2) is 5.13 Å². The fraction of sp³-hybridized carbons (Fsp3) is 0.176. The number of thiophene rings is 1. The van der Waals surface area contributed by atoms with Crippen LogP contribution in [0.5, 0.6) is 0 Å². The molecule has 1 aromatic carbocycles. The van der Waals surface area contributed by atoms with E-state index in [-0.39, 0.29) is 5.91 Å². The third-order valence-electron chi connectivity index (χ3n) is 3.47. The van der Waals surface area contributed by atoms with Crippen molar-refractivity contribution < 1.29 is 4.79 Å². The molecule has 0 fully saturated rings. The van der Waals surface area contributed by atoms with Gasteiger partial charge in [-0.05, 0) is 30.9 Å². The summed E-state index contributed by atoms with van der Waals surface area (Å²) >= 11 is 2.94. The highest BCUT2D eigenvalue weighted by Crippen LogP contribution is 2.30. The quantitative estimate of drug-likeness (QED) is 0.694. The molecule has 0 saturated carbocycles. The Labute approximate surface area is 137 Å². The van der Waals surface area contributed by atoms with Crippen LogP contribution < -0.4 is 4.90 Å². The second kappa shape index (κ2) is 6.02. The van der Waals surface area contributed by atoms with Crippen molar-refractivity contribution >= 4 is 33.7 Å². The second-order valence-corrected chi connectivity index (χ2v) is 6.96. The monoisotopic (exact) mass is 328 g/mol. The second-order valence-electron chi connectivity index (χ2n) is 5.18. The van der Waals surface area contributed by atoms with E-state index in [9.17, 15) is 4.79 Å². The number of aryl methyl sites for hydroxylation is 2. The van der Waals surface area contributed by atoms with Gasteiger partial charge >= 0.3 is 0 Å². The maximum atomic E-state index is 12.4. The molecule has 0 atom stereocenters. The minimum atomic E-state index is -0.0171. The van der Waals surface area contributed by atoms with Crippen LogP contribution in [0, 0.1) is 13.8 Å². The molecule has 0 saturated heterocycles. The Hall–Kier alpha value is -1.98. The molecular weight excluding hydrogens is 312 g/mol. The number of hydrogen-bond acceptors (Lipinski definition) is 4. The van der Waals surface area contributed by atoms with Crippen LogP contribution in [0.25, 0.3) is 11.3 Å². The minimum Gasteiger partial charge on any atom is -0.286 e. The highest BCUT2D eigenvalue weighted by atomic mass is 32.1. The van der Waals surface area contributed by atoms with Gasteiger partial charge < -0.3 is 0 Å². The van der Waals surface area contributed by atoms with Gasteiger partial charge in [0.1, 0.15) is 0 Å². The van der Waals surface area contributed by atoms with E-state index < -0.39 is 0 Å². The number of aromatic nitrogens is 1. The van der Waals surface area contributed by atoms with Crippen LogP contribution in [0.15, 0.2) is 41.1 Å². The summed E-state index contributed by atoms with van der Waals surface area (Å²) in [7, 11) is 1.77. The van der Waals surface area contributed by atoms with Gasteiger partial charge in [0.05, 0.1) is 10.6 Å². The van der Waals surface area contributed by atoms with E-state index in [4.69, 9.17) is 0 Å². The van der Waals surface area contributed by atoms with Gasteiger partial charge in [-0.1, -0.05) is 29.8 Å². The molecule has 3 rings (SSSR count). The summed E-state index contributed by atoms with van der Waals surface area (Å²) < 4.78 is 0. The lowest BCUT2D eigenvalue weighted by atomic mass is 10.0. The van der Waals surface area contributed by atoms with Crippen molar-refractivity contribution in [3.63, 3.8) is 0 Å². The van der Waals surface area contributed by atoms with Crippen molar-refractivity contribution in [3.8, 4) is 11.3 Å². The zero-order valence-electron chi connectivity index (χ0n) is 12.7. The summed E-state index contributed by atoms with van der Waals surface area (Å²) in [6.07, 6.45) is 0. The summed E-state index contributed by atoms with van der Waals surface area (Å²) in [6, 6.07) is 10.0.